The lowest BCUT2D eigenvalue weighted by Gasteiger charge is -2.14. The topological polar surface area (TPSA) is 12.0 Å². The van der Waals surface area contributed by atoms with Gasteiger partial charge in [0.25, 0.3) is 0 Å². The molecule has 0 aliphatic carbocycles. The van der Waals surface area contributed by atoms with Crippen molar-refractivity contribution >= 4 is 5.69 Å². The van der Waals surface area contributed by atoms with Crippen molar-refractivity contribution in [2.45, 2.75) is 19.3 Å². The number of fused-ring (bicyclic) bond motifs is 1. The predicted octanol–water partition coefficient (Wildman–Crippen LogP) is 2.64. The van der Waals surface area contributed by atoms with Crippen LogP contribution in [0.3, 0.4) is 0 Å². The van der Waals surface area contributed by atoms with Crippen LogP contribution in [-0.4, -0.2) is 6.54 Å². The monoisotopic (exact) mass is 160 g/mol. The van der Waals surface area contributed by atoms with Gasteiger partial charge in [-0.2, -0.15) is 0 Å². The van der Waals surface area contributed by atoms with Gasteiger partial charge in [0.05, 0.1) is 0 Å². The van der Waals surface area contributed by atoms with Gasteiger partial charge in [-0.15, -0.1) is 0 Å². The largest absolute Gasteiger partial charge is 0.385 e. The summed E-state index contributed by atoms with van der Waals surface area (Å²) in [6.45, 7) is 1.01. The van der Waals surface area contributed by atoms with Crippen LogP contribution in [0, 0.1) is 6.42 Å². The highest BCUT2D eigenvalue weighted by atomic mass is 14.9. The van der Waals surface area contributed by atoms with Gasteiger partial charge in [0.1, 0.15) is 0 Å². The molecule has 1 aliphatic heterocycles. The minimum atomic E-state index is 1.01. The van der Waals surface area contributed by atoms with E-state index in [0.29, 0.717) is 0 Å². The molecule has 0 fully saturated rings. The normalized spacial score (nSPS) is 17.0. The number of benzene rings is 1. The van der Waals surface area contributed by atoms with E-state index >= 15 is 0 Å². The molecule has 0 unspecified atom stereocenters. The van der Waals surface area contributed by atoms with Crippen LogP contribution < -0.4 is 5.32 Å². The minimum absolute atomic E-state index is 1.01. The third-order valence-electron chi connectivity index (χ3n) is 2.31. The Morgan fingerprint density at radius 1 is 1.17 bits per heavy atom. The number of aryl methyl sites for hydroxylation is 1. The first kappa shape index (κ1) is 7.66. The van der Waals surface area contributed by atoms with Crippen molar-refractivity contribution in [1.82, 2.24) is 0 Å². The average molecular weight is 160 g/mol. The van der Waals surface area contributed by atoms with E-state index in [0.717, 1.165) is 6.54 Å². The molecule has 1 aromatic rings. The molecular weight excluding hydrogens is 146 g/mol. The summed E-state index contributed by atoms with van der Waals surface area (Å²) in [5.41, 5.74) is 2.78. The molecule has 0 saturated heterocycles. The molecule has 63 valence electrons. The molecule has 1 nitrogen and oxygen atoms in total. The van der Waals surface area contributed by atoms with E-state index in [1.807, 2.05) is 0 Å². The third-order valence-corrected chi connectivity index (χ3v) is 2.31. The first-order chi connectivity index (χ1) is 5.97. The lowest BCUT2D eigenvalue weighted by atomic mass is 10.0. The molecule has 12 heavy (non-hydrogen) atoms. The summed E-state index contributed by atoms with van der Waals surface area (Å²) >= 11 is 0. The van der Waals surface area contributed by atoms with Crippen molar-refractivity contribution in [3.63, 3.8) is 0 Å². The molecule has 1 aliphatic rings. The van der Waals surface area contributed by atoms with Crippen LogP contribution in [0.1, 0.15) is 18.4 Å². The van der Waals surface area contributed by atoms with E-state index in [4.69, 9.17) is 0 Å². The molecule has 0 aromatic heterocycles. The Morgan fingerprint density at radius 2 is 2.08 bits per heavy atom. The van der Waals surface area contributed by atoms with E-state index in [9.17, 15) is 0 Å². The molecule has 0 amide bonds. The van der Waals surface area contributed by atoms with Crippen molar-refractivity contribution < 1.29 is 0 Å². The zero-order chi connectivity index (χ0) is 8.23. The molecule has 1 N–H and O–H groups in total. The van der Waals surface area contributed by atoms with Crippen molar-refractivity contribution in [2.75, 3.05) is 11.9 Å². The van der Waals surface area contributed by atoms with Crippen LogP contribution in [-0.2, 0) is 6.42 Å². The van der Waals surface area contributed by atoms with Gasteiger partial charge >= 0.3 is 0 Å². The van der Waals surface area contributed by atoms with Crippen molar-refractivity contribution in [1.29, 1.82) is 0 Å². The Bertz CT molecular complexity index is 228. The van der Waals surface area contributed by atoms with Gasteiger partial charge in [-0.3, -0.25) is 0 Å². The fraction of sp³-hybridized carbons (Fsp3) is 0.364. The maximum absolute atomic E-state index is 3.41. The van der Waals surface area contributed by atoms with E-state index in [-0.39, 0.29) is 0 Å². The van der Waals surface area contributed by atoms with Crippen LogP contribution in [0.25, 0.3) is 0 Å². The highest BCUT2D eigenvalue weighted by molar-refractivity contribution is 5.51. The summed E-state index contributed by atoms with van der Waals surface area (Å²) in [6.07, 6.45) is 6.05. The Morgan fingerprint density at radius 3 is 3.08 bits per heavy atom. The predicted molar refractivity (Wildman–Crippen MR) is 52.2 cm³/mol. The van der Waals surface area contributed by atoms with Crippen molar-refractivity contribution in [3.8, 4) is 0 Å². The first-order valence-corrected chi connectivity index (χ1v) is 4.60. The number of nitrogens with one attached hydrogen (secondary N) is 1. The van der Waals surface area contributed by atoms with E-state index in [1.165, 1.54) is 30.5 Å². The summed E-state index contributed by atoms with van der Waals surface area (Å²) in [7, 11) is 0. The Balaban J connectivity index is 2.24. The molecule has 1 heteroatoms. The molecule has 0 atom stereocenters. The van der Waals surface area contributed by atoms with Gasteiger partial charge < -0.3 is 5.32 Å². The van der Waals surface area contributed by atoms with Gasteiger partial charge in [-0.1, -0.05) is 18.2 Å². The standard InChI is InChI=1S/C11H14N/c1-2-6-10-7-3-4-8-11(10)12-9-5-1/h3-5,7-8,12H,1-2,6,9H2. The summed E-state index contributed by atoms with van der Waals surface area (Å²) in [6, 6.07) is 8.58. The molecular formula is C11H14N. The van der Waals surface area contributed by atoms with Gasteiger partial charge in [0.2, 0.25) is 0 Å². The van der Waals surface area contributed by atoms with Crippen LogP contribution in [0.2, 0.25) is 0 Å². The SMILES string of the molecule is [CH]1CCCc2ccccc2NC1. The van der Waals surface area contributed by atoms with E-state index in [1.54, 1.807) is 0 Å². The lowest BCUT2D eigenvalue weighted by molar-refractivity contribution is 0.786. The minimum Gasteiger partial charge on any atom is -0.385 e. The second-order valence-corrected chi connectivity index (χ2v) is 3.22. The van der Waals surface area contributed by atoms with Gasteiger partial charge in [-0.05, 0) is 37.3 Å². The third kappa shape index (κ3) is 1.60. The van der Waals surface area contributed by atoms with Crippen LogP contribution in [0.5, 0.6) is 0 Å². The van der Waals surface area contributed by atoms with Crippen molar-refractivity contribution in [3.05, 3.63) is 36.2 Å². The second-order valence-electron chi connectivity index (χ2n) is 3.22. The number of hydrogen-bond acceptors (Lipinski definition) is 1. The van der Waals surface area contributed by atoms with Crippen LogP contribution >= 0.6 is 0 Å². The van der Waals surface area contributed by atoms with E-state index in [2.05, 4.69) is 36.0 Å². The zero-order valence-corrected chi connectivity index (χ0v) is 7.22. The summed E-state index contributed by atoms with van der Waals surface area (Å²) in [5.74, 6) is 0. The number of rotatable bonds is 0. The number of hydrogen-bond donors (Lipinski definition) is 1. The maximum Gasteiger partial charge on any atom is 0.0372 e. The highest BCUT2D eigenvalue weighted by Crippen LogP contribution is 2.19. The summed E-state index contributed by atoms with van der Waals surface area (Å²) < 4.78 is 0. The van der Waals surface area contributed by atoms with Crippen molar-refractivity contribution in [2.24, 2.45) is 0 Å². The highest BCUT2D eigenvalue weighted by Gasteiger charge is 2.03. The smallest absolute Gasteiger partial charge is 0.0372 e. The van der Waals surface area contributed by atoms with Gasteiger partial charge in [0, 0.05) is 12.2 Å². The second kappa shape index (κ2) is 3.61. The fourth-order valence-electron chi connectivity index (χ4n) is 1.63. The molecule has 0 bridgehead atoms. The van der Waals surface area contributed by atoms with Crippen LogP contribution in [0.15, 0.2) is 24.3 Å². The maximum atomic E-state index is 3.41. The summed E-state index contributed by atoms with van der Waals surface area (Å²) in [4.78, 5) is 0. The van der Waals surface area contributed by atoms with Crippen LogP contribution in [0.4, 0.5) is 5.69 Å². The molecule has 0 saturated carbocycles. The molecule has 1 radical (unpaired) electrons. The number of anilines is 1. The van der Waals surface area contributed by atoms with Gasteiger partial charge in [-0.25, -0.2) is 0 Å². The number of para-hydroxylation sites is 1. The average Bonchev–Trinajstić information content (AvgIpc) is 2.06. The van der Waals surface area contributed by atoms with E-state index < -0.39 is 0 Å². The zero-order valence-electron chi connectivity index (χ0n) is 7.22. The molecule has 1 heterocycles. The molecule has 1 aromatic carbocycles. The Labute approximate surface area is 73.8 Å². The molecule has 2 rings (SSSR count). The quantitative estimate of drug-likeness (QED) is 0.615. The lowest BCUT2D eigenvalue weighted by Crippen LogP contribution is -2.07. The Hall–Kier alpha value is -0.980. The Kier molecular flexibility index (Phi) is 2.31. The summed E-state index contributed by atoms with van der Waals surface area (Å²) in [5, 5.41) is 3.41. The first-order valence-electron chi connectivity index (χ1n) is 4.60. The fourth-order valence-corrected chi connectivity index (χ4v) is 1.63. The molecule has 0 spiro atoms. The van der Waals surface area contributed by atoms with Gasteiger partial charge in [0.15, 0.2) is 0 Å².